The first-order valence-electron chi connectivity index (χ1n) is 8.69. The maximum Gasteiger partial charge on any atom is 0.221 e. The number of nitrogen functional groups attached to an aromatic ring is 1. The van der Waals surface area contributed by atoms with E-state index < -0.39 is 0 Å². The third kappa shape index (κ3) is 4.88. The second-order valence-electron chi connectivity index (χ2n) is 6.00. The summed E-state index contributed by atoms with van der Waals surface area (Å²) >= 11 is 3.47. The number of nitrogens with zero attached hydrogens (tertiary/aromatic N) is 3. The van der Waals surface area contributed by atoms with Crippen molar-refractivity contribution in [2.24, 2.45) is 0 Å². The predicted molar refractivity (Wildman–Crippen MR) is 119 cm³/mol. The van der Waals surface area contributed by atoms with Crippen molar-refractivity contribution in [1.82, 2.24) is 4.98 Å². The summed E-state index contributed by atoms with van der Waals surface area (Å²) in [6.07, 6.45) is 3.04. The summed E-state index contributed by atoms with van der Waals surface area (Å²) in [5.74, 6) is 1.64. The third-order valence-corrected chi connectivity index (χ3v) is 4.58. The number of aromatic nitrogens is 1. The first kappa shape index (κ1) is 20.7. The quantitative estimate of drug-likeness (QED) is 0.473. The Labute approximate surface area is 182 Å². The number of nitriles is 2. The zero-order chi connectivity index (χ0) is 21.5. The molecule has 0 amide bonds. The normalized spacial score (nSPS) is 10.3. The van der Waals surface area contributed by atoms with E-state index in [9.17, 15) is 0 Å². The molecule has 0 aliphatic heterocycles. The number of rotatable bonds is 6. The van der Waals surface area contributed by atoms with Gasteiger partial charge in [-0.25, -0.2) is 0 Å². The van der Waals surface area contributed by atoms with Crippen LogP contribution in [0.1, 0.15) is 11.1 Å². The number of hydrogen-bond acceptors (Lipinski definition) is 7. The van der Waals surface area contributed by atoms with Gasteiger partial charge >= 0.3 is 0 Å². The van der Waals surface area contributed by atoms with Crippen molar-refractivity contribution in [3.63, 3.8) is 0 Å². The fourth-order valence-electron chi connectivity index (χ4n) is 2.55. The van der Waals surface area contributed by atoms with Crippen LogP contribution in [0.4, 0.5) is 17.2 Å². The van der Waals surface area contributed by atoms with E-state index in [4.69, 9.17) is 25.7 Å². The number of methoxy groups -OCH3 is 1. The molecule has 0 bridgehead atoms. The third-order valence-electron chi connectivity index (χ3n) is 3.99. The largest absolute Gasteiger partial charge is 0.493 e. The lowest BCUT2D eigenvalue weighted by molar-refractivity contribution is 0.373. The van der Waals surface area contributed by atoms with Crippen LogP contribution < -0.4 is 20.5 Å². The molecule has 2 aromatic carbocycles. The maximum absolute atomic E-state index is 8.91. The molecule has 3 aromatic rings. The Hall–Kier alpha value is -4.01. The van der Waals surface area contributed by atoms with E-state index in [0.717, 1.165) is 11.3 Å². The van der Waals surface area contributed by atoms with Gasteiger partial charge in [0.15, 0.2) is 17.3 Å². The molecule has 8 heteroatoms. The summed E-state index contributed by atoms with van der Waals surface area (Å²) in [7, 11) is 1.53. The Morgan fingerprint density at radius 2 is 1.90 bits per heavy atom. The molecule has 0 atom stereocenters. The van der Waals surface area contributed by atoms with Gasteiger partial charge in [0.05, 0.1) is 35.0 Å². The first-order chi connectivity index (χ1) is 14.5. The fourth-order valence-corrected chi connectivity index (χ4v) is 3.09. The minimum atomic E-state index is 0.305. The summed E-state index contributed by atoms with van der Waals surface area (Å²) < 4.78 is 12.0. The number of ether oxygens (including phenoxy) is 2. The zero-order valence-electron chi connectivity index (χ0n) is 15.9. The zero-order valence-corrected chi connectivity index (χ0v) is 17.5. The van der Waals surface area contributed by atoms with Crippen LogP contribution in [0.15, 0.2) is 59.1 Å². The minimum absolute atomic E-state index is 0.305. The van der Waals surface area contributed by atoms with Gasteiger partial charge in [0, 0.05) is 17.8 Å². The second-order valence-corrected chi connectivity index (χ2v) is 6.85. The topological polar surface area (TPSA) is 117 Å². The molecule has 0 aliphatic rings. The highest BCUT2D eigenvalue weighted by Gasteiger charge is 2.14. The van der Waals surface area contributed by atoms with E-state index in [-0.39, 0.29) is 0 Å². The number of halogens is 1. The predicted octanol–water partition coefficient (Wildman–Crippen LogP) is 5.38. The van der Waals surface area contributed by atoms with Crippen LogP contribution in [0.25, 0.3) is 6.08 Å². The van der Waals surface area contributed by atoms with Crippen LogP contribution in [0.2, 0.25) is 0 Å². The Morgan fingerprint density at radius 3 is 2.57 bits per heavy atom. The fraction of sp³-hybridized carbons (Fsp3) is 0.0455. The van der Waals surface area contributed by atoms with E-state index in [1.54, 1.807) is 54.6 Å². The number of benzene rings is 2. The van der Waals surface area contributed by atoms with Gasteiger partial charge in [0.25, 0.3) is 0 Å². The van der Waals surface area contributed by atoms with Gasteiger partial charge in [0.1, 0.15) is 0 Å². The molecule has 30 heavy (non-hydrogen) atoms. The lowest BCUT2D eigenvalue weighted by Gasteiger charge is -2.14. The van der Waals surface area contributed by atoms with Gasteiger partial charge in [-0.3, -0.25) is 0 Å². The summed E-state index contributed by atoms with van der Waals surface area (Å²) in [5.41, 5.74) is 8.55. The van der Waals surface area contributed by atoms with Crippen molar-refractivity contribution in [2.45, 2.75) is 0 Å². The molecule has 0 saturated carbocycles. The number of nitrogens with two attached hydrogens (primary N) is 1. The summed E-state index contributed by atoms with van der Waals surface area (Å²) in [6, 6.07) is 17.8. The number of nitrogens with one attached hydrogen (secondary N) is 1. The molecule has 0 fully saturated rings. The van der Waals surface area contributed by atoms with Crippen LogP contribution >= 0.6 is 15.9 Å². The number of hydrogen-bond donors (Lipinski definition) is 2. The molecule has 0 aliphatic carbocycles. The maximum atomic E-state index is 8.91. The standard InChI is InChI=1S/C22H16BrN5O2/c1-29-19-12-15(3-2-10-24)11-17(23)21(19)30-20-9-8-18(26)22(28-20)27-16-6-4-14(13-25)5-7-16/h2-9,11-12H,26H2,1H3,(H,27,28)/b3-2+. The van der Waals surface area contributed by atoms with Gasteiger partial charge in [-0.15, -0.1) is 0 Å². The van der Waals surface area contributed by atoms with E-state index in [2.05, 4.69) is 32.3 Å². The molecule has 0 spiro atoms. The minimum Gasteiger partial charge on any atom is -0.493 e. The van der Waals surface area contributed by atoms with Crippen LogP contribution in [0.5, 0.6) is 17.4 Å². The van der Waals surface area contributed by atoms with Crippen molar-refractivity contribution < 1.29 is 9.47 Å². The molecule has 0 saturated heterocycles. The van der Waals surface area contributed by atoms with Crippen LogP contribution in [-0.2, 0) is 0 Å². The van der Waals surface area contributed by atoms with E-state index >= 15 is 0 Å². The van der Waals surface area contributed by atoms with Crippen molar-refractivity contribution in [1.29, 1.82) is 10.5 Å². The number of anilines is 3. The molecule has 148 valence electrons. The van der Waals surface area contributed by atoms with Gasteiger partial charge in [-0.05, 0) is 70.0 Å². The Balaban J connectivity index is 1.88. The number of pyridine rings is 1. The highest BCUT2D eigenvalue weighted by atomic mass is 79.9. The average Bonchev–Trinajstić information content (AvgIpc) is 2.76. The molecular formula is C22H16BrN5O2. The van der Waals surface area contributed by atoms with Gasteiger partial charge in [0.2, 0.25) is 5.88 Å². The Bertz CT molecular complexity index is 1180. The average molecular weight is 462 g/mol. The molecule has 1 aromatic heterocycles. The molecule has 1 heterocycles. The highest BCUT2D eigenvalue weighted by molar-refractivity contribution is 9.10. The monoisotopic (exact) mass is 461 g/mol. The van der Waals surface area contributed by atoms with Crippen molar-refractivity contribution in [3.05, 3.63) is 70.2 Å². The SMILES string of the molecule is COc1cc(/C=C/C#N)cc(Br)c1Oc1ccc(N)c(Nc2ccc(C#N)cc2)n1. The van der Waals surface area contributed by atoms with E-state index in [0.29, 0.717) is 38.9 Å². The number of allylic oxidation sites excluding steroid dienone is 1. The first-order valence-corrected chi connectivity index (χ1v) is 9.48. The Kier molecular flexibility index (Phi) is 6.53. The van der Waals surface area contributed by atoms with Crippen molar-refractivity contribution in [3.8, 4) is 29.5 Å². The summed E-state index contributed by atoms with van der Waals surface area (Å²) in [5, 5.41) is 20.7. The van der Waals surface area contributed by atoms with Crippen LogP contribution in [-0.4, -0.2) is 12.1 Å². The second kappa shape index (κ2) is 9.46. The molecular weight excluding hydrogens is 446 g/mol. The van der Waals surface area contributed by atoms with E-state index in [1.807, 2.05) is 6.07 Å². The lowest BCUT2D eigenvalue weighted by atomic mass is 10.2. The lowest BCUT2D eigenvalue weighted by Crippen LogP contribution is -2.01. The smallest absolute Gasteiger partial charge is 0.221 e. The van der Waals surface area contributed by atoms with Gasteiger partial charge in [-0.2, -0.15) is 15.5 Å². The molecule has 7 nitrogen and oxygen atoms in total. The molecule has 3 N–H and O–H groups in total. The summed E-state index contributed by atoms with van der Waals surface area (Å²) in [6.45, 7) is 0. The van der Waals surface area contributed by atoms with Gasteiger partial charge in [-0.1, -0.05) is 0 Å². The van der Waals surface area contributed by atoms with E-state index in [1.165, 1.54) is 13.2 Å². The van der Waals surface area contributed by atoms with Crippen LogP contribution in [0.3, 0.4) is 0 Å². The van der Waals surface area contributed by atoms with Crippen molar-refractivity contribution >= 4 is 39.2 Å². The molecule has 0 unspecified atom stereocenters. The van der Waals surface area contributed by atoms with Crippen molar-refractivity contribution in [2.75, 3.05) is 18.2 Å². The van der Waals surface area contributed by atoms with Crippen LogP contribution in [0, 0.1) is 22.7 Å². The molecule has 3 rings (SSSR count). The summed E-state index contributed by atoms with van der Waals surface area (Å²) in [4.78, 5) is 4.44. The highest BCUT2D eigenvalue weighted by Crippen LogP contribution is 2.40. The van der Waals surface area contributed by atoms with Gasteiger partial charge < -0.3 is 20.5 Å². The molecule has 0 radical (unpaired) electrons. The Morgan fingerprint density at radius 1 is 1.13 bits per heavy atom.